The summed E-state index contributed by atoms with van der Waals surface area (Å²) in [6, 6.07) is 0. The van der Waals surface area contributed by atoms with Crippen LogP contribution in [0.15, 0.2) is 0 Å². The van der Waals surface area contributed by atoms with Gasteiger partial charge in [0.2, 0.25) is 0 Å². The number of hydrogen-bond acceptors (Lipinski definition) is 2. The Balaban J connectivity index is 2.91. The topological polar surface area (TPSA) is 23.5 Å². The molecule has 0 amide bonds. The first-order chi connectivity index (χ1) is 9.46. The van der Waals surface area contributed by atoms with Gasteiger partial charge in [-0.2, -0.15) is 0 Å². The average molecular weight is 284 g/mol. The van der Waals surface area contributed by atoms with Gasteiger partial charge in [-0.15, -0.1) is 0 Å². The molecule has 0 aliphatic heterocycles. The van der Waals surface area contributed by atoms with Crippen molar-refractivity contribution in [2.75, 3.05) is 13.1 Å². The molecule has 20 heavy (non-hydrogen) atoms. The highest BCUT2D eigenvalue weighted by Crippen LogP contribution is 2.41. The van der Waals surface area contributed by atoms with E-state index >= 15 is 0 Å². The fourth-order valence-electron chi connectivity index (χ4n) is 4.47. The summed E-state index contributed by atoms with van der Waals surface area (Å²) >= 11 is 0. The summed E-state index contributed by atoms with van der Waals surface area (Å²) in [7, 11) is 0. The second-order valence-electron chi connectivity index (χ2n) is 6.96. The summed E-state index contributed by atoms with van der Waals surface area (Å²) in [4.78, 5) is 2.50. The van der Waals surface area contributed by atoms with Crippen LogP contribution >= 0.6 is 0 Å². The molecule has 0 aromatic carbocycles. The highest BCUT2D eigenvalue weighted by molar-refractivity contribution is 4.98. The lowest BCUT2D eigenvalue weighted by molar-refractivity contribution is -0.0785. The molecule has 2 heteroatoms. The fourth-order valence-corrected chi connectivity index (χ4v) is 4.47. The molecule has 0 aromatic heterocycles. The van der Waals surface area contributed by atoms with Crippen molar-refractivity contribution in [3.63, 3.8) is 0 Å². The minimum absolute atomic E-state index is 0.0194. The zero-order valence-corrected chi connectivity index (χ0v) is 14.7. The first kappa shape index (κ1) is 18.0. The van der Waals surface area contributed by atoms with E-state index in [1.807, 2.05) is 0 Å². The van der Waals surface area contributed by atoms with Gasteiger partial charge in [0, 0.05) is 5.54 Å². The molecule has 0 aromatic rings. The van der Waals surface area contributed by atoms with E-state index in [2.05, 4.69) is 46.4 Å². The largest absolute Gasteiger partial charge is 0.391 e. The smallest absolute Gasteiger partial charge is 0.0751 e. The molecule has 4 atom stereocenters. The summed E-state index contributed by atoms with van der Waals surface area (Å²) in [5.41, 5.74) is -0.0194. The molecule has 1 rings (SSSR count). The Hall–Kier alpha value is -0.0800. The first-order valence-corrected chi connectivity index (χ1v) is 8.89. The van der Waals surface area contributed by atoms with Gasteiger partial charge in [-0.1, -0.05) is 48.0 Å². The zero-order chi connectivity index (χ0) is 15.3. The highest BCUT2D eigenvalue weighted by atomic mass is 16.3. The average Bonchev–Trinajstić information content (AvgIpc) is 2.47. The first-order valence-electron chi connectivity index (χ1n) is 8.89. The number of aliphatic hydroxyl groups excluding tert-OH is 1. The molecule has 0 bridgehead atoms. The van der Waals surface area contributed by atoms with E-state index in [0.29, 0.717) is 5.92 Å². The predicted octanol–water partition coefficient (Wildman–Crippen LogP) is 4.32. The van der Waals surface area contributed by atoms with Crippen LogP contribution in [-0.4, -0.2) is 34.7 Å². The van der Waals surface area contributed by atoms with E-state index < -0.39 is 0 Å². The van der Waals surface area contributed by atoms with Crippen molar-refractivity contribution in [1.29, 1.82) is 0 Å². The Morgan fingerprint density at radius 2 is 1.55 bits per heavy atom. The SMILES string of the molecule is CCN(CC)C(CC)(CC)C(O)C1CCC(C)C(C)C1. The van der Waals surface area contributed by atoms with E-state index in [-0.39, 0.29) is 11.6 Å². The summed E-state index contributed by atoms with van der Waals surface area (Å²) in [5.74, 6) is 2.07. The fraction of sp³-hybridized carbons (Fsp3) is 1.00. The Labute approximate surface area is 126 Å². The van der Waals surface area contributed by atoms with Crippen LogP contribution < -0.4 is 0 Å². The van der Waals surface area contributed by atoms with Crippen molar-refractivity contribution in [1.82, 2.24) is 4.90 Å². The van der Waals surface area contributed by atoms with Crippen LogP contribution in [0.2, 0.25) is 0 Å². The van der Waals surface area contributed by atoms with Crippen molar-refractivity contribution in [2.24, 2.45) is 17.8 Å². The van der Waals surface area contributed by atoms with Crippen molar-refractivity contribution in [3.8, 4) is 0 Å². The van der Waals surface area contributed by atoms with Crippen LogP contribution in [-0.2, 0) is 0 Å². The number of nitrogens with zero attached hydrogens (tertiary/aromatic N) is 1. The molecule has 2 nitrogen and oxygen atoms in total. The molecule has 1 saturated carbocycles. The van der Waals surface area contributed by atoms with Crippen LogP contribution in [0.4, 0.5) is 0 Å². The second kappa shape index (κ2) is 7.79. The molecule has 1 fully saturated rings. The highest BCUT2D eigenvalue weighted by Gasteiger charge is 2.44. The van der Waals surface area contributed by atoms with E-state index in [4.69, 9.17) is 0 Å². The zero-order valence-electron chi connectivity index (χ0n) is 14.7. The molecule has 1 aliphatic carbocycles. The van der Waals surface area contributed by atoms with Crippen LogP contribution in [0.1, 0.15) is 73.6 Å². The number of aliphatic hydroxyl groups is 1. The summed E-state index contributed by atoms with van der Waals surface area (Å²) in [6.45, 7) is 15.7. The minimum atomic E-state index is -0.174. The Morgan fingerprint density at radius 1 is 1.00 bits per heavy atom. The Bertz CT molecular complexity index is 271. The third-order valence-electron chi connectivity index (χ3n) is 6.25. The van der Waals surface area contributed by atoms with Gasteiger partial charge in [-0.25, -0.2) is 0 Å². The summed E-state index contributed by atoms with van der Waals surface area (Å²) in [5, 5.41) is 11.2. The molecule has 120 valence electrons. The van der Waals surface area contributed by atoms with Gasteiger partial charge >= 0.3 is 0 Å². The predicted molar refractivity (Wildman–Crippen MR) is 87.9 cm³/mol. The minimum Gasteiger partial charge on any atom is -0.391 e. The molecule has 0 radical (unpaired) electrons. The number of rotatable bonds is 7. The van der Waals surface area contributed by atoms with Crippen molar-refractivity contribution in [3.05, 3.63) is 0 Å². The molecular formula is C18H37NO. The Kier molecular flexibility index (Phi) is 7.00. The van der Waals surface area contributed by atoms with Gasteiger partial charge < -0.3 is 5.11 Å². The van der Waals surface area contributed by atoms with Gasteiger partial charge in [-0.3, -0.25) is 4.90 Å². The van der Waals surface area contributed by atoms with Crippen molar-refractivity contribution < 1.29 is 5.11 Å². The molecule has 1 aliphatic rings. The van der Waals surface area contributed by atoms with Crippen molar-refractivity contribution >= 4 is 0 Å². The van der Waals surface area contributed by atoms with Gasteiger partial charge in [-0.05, 0) is 56.5 Å². The lowest BCUT2D eigenvalue weighted by atomic mass is 9.68. The molecule has 0 spiro atoms. The number of likely N-dealkylation sites (N-methyl/N-ethyl adjacent to an activating group) is 1. The van der Waals surface area contributed by atoms with Crippen LogP contribution in [0.25, 0.3) is 0 Å². The molecule has 1 N–H and O–H groups in total. The normalized spacial score (nSPS) is 29.7. The van der Waals surface area contributed by atoms with Gasteiger partial charge in [0.15, 0.2) is 0 Å². The van der Waals surface area contributed by atoms with E-state index in [1.54, 1.807) is 0 Å². The Morgan fingerprint density at radius 3 is 1.95 bits per heavy atom. The van der Waals surface area contributed by atoms with E-state index in [9.17, 15) is 5.11 Å². The lowest BCUT2D eigenvalue weighted by Gasteiger charge is -2.50. The number of hydrogen-bond donors (Lipinski definition) is 1. The summed E-state index contributed by atoms with van der Waals surface area (Å²) in [6.07, 6.45) is 5.61. The van der Waals surface area contributed by atoms with Crippen molar-refractivity contribution in [2.45, 2.75) is 85.3 Å². The lowest BCUT2D eigenvalue weighted by Crippen LogP contribution is -2.58. The second-order valence-corrected chi connectivity index (χ2v) is 6.96. The van der Waals surface area contributed by atoms with Gasteiger partial charge in [0.1, 0.15) is 0 Å². The molecular weight excluding hydrogens is 246 g/mol. The molecule has 0 saturated heterocycles. The van der Waals surface area contributed by atoms with Crippen LogP contribution in [0.3, 0.4) is 0 Å². The molecule has 4 unspecified atom stereocenters. The third-order valence-corrected chi connectivity index (χ3v) is 6.25. The molecule has 0 heterocycles. The standard InChI is InChI=1S/C18H37NO/c1-7-18(8-2,19(9-3)10-4)17(20)16-12-11-14(5)15(6)13-16/h14-17,20H,7-13H2,1-6H3. The third kappa shape index (κ3) is 3.39. The monoisotopic (exact) mass is 283 g/mol. The maximum Gasteiger partial charge on any atom is 0.0751 e. The van der Waals surface area contributed by atoms with Gasteiger partial charge in [0.05, 0.1) is 6.10 Å². The van der Waals surface area contributed by atoms with E-state index in [1.165, 1.54) is 19.3 Å². The van der Waals surface area contributed by atoms with Crippen LogP contribution in [0, 0.1) is 17.8 Å². The van der Waals surface area contributed by atoms with Crippen LogP contribution in [0.5, 0.6) is 0 Å². The maximum atomic E-state index is 11.2. The summed E-state index contributed by atoms with van der Waals surface area (Å²) < 4.78 is 0. The van der Waals surface area contributed by atoms with E-state index in [0.717, 1.165) is 37.8 Å². The quantitative estimate of drug-likeness (QED) is 0.752. The maximum absolute atomic E-state index is 11.2. The van der Waals surface area contributed by atoms with Gasteiger partial charge in [0.25, 0.3) is 0 Å².